The Morgan fingerprint density at radius 1 is 0.625 bits per heavy atom. The molecule has 13 nitrogen and oxygen atoms in total. The second-order valence-electron chi connectivity index (χ2n) is 16.9. The maximum absolute atomic E-state index is 14.7. The van der Waals surface area contributed by atoms with Gasteiger partial charge in [-0.2, -0.15) is 13.2 Å². The topological polar surface area (TPSA) is 139 Å². The number of ether oxygens (including phenoxy) is 10. The molecule has 3 aromatic rings. The molecule has 6 rings (SSSR count). The number of rotatable bonds is 15. The summed E-state index contributed by atoms with van der Waals surface area (Å²) in [6.45, 7) is 13.1. The lowest BCUT2D eigenvalue weighted by Gasteiger charge is -2.50. The minimum atomic E-state index is -5.07. The molecule has 0 saturated carbocycles. The predicted molar refractivity (Wildman–Crippen MR) is 227 cm³/mol. The molecule has 3 saturated heterocycles. The van der Waals surface area contributed by atoms with Gasteiger partial charge in [0.05, 0.1) is 50.9 Å². The first kappa shape index (κ1) is 49.0. The minimum Gasteiger partial charge on any atom is -0.467 e. The van der Waals surface area contributed by atoms with Crippen LogP contribution in [-0.2, 0) is 70.2 Å². The zero-order valence-electron chi connectivity index (χ0n) is 37.4. The first-order valence-electron chi connectivity index (χ1n) is 21.7. The van der Waals surface area contributed by atoms with E-state index in [2.05, 4.69) is 4.99 Å². The molecule has 350 valence electrons. The molecule has 0 radical (unpaired) electrons. The van der Waals surface area contributed by atoms with Crippen molar-refractivity contribution in [2.45, 2.75) is 129 Å². The summed E-state index contributed by atoms with van der Waals surface area (Å²) in [4.78, 5) is 30.0. The van der Waals surface area contributed by atoms with Crippen molar-refractivity contribution in [3.05, 3.63) is 102 Å². The van der Waals surface area contributed by atoms with E-state index >= 15 is 0 Å². The van der Waals surface area contributed by atoms with Crippen molar-refractivity contribution in [1.29, 1.82) is 0 Å². The fourth-order valence-electron chi connectivity index (χ4n) is 8.25. The van der Waals surface area contributed by atoms with E-state index in [9.17, 15) is 22.8 Å². The van der Waals surface area contributed by atoms with Crippen LogP contribution < -0.4 is 0 Å². The fourth-order valence-corrected chi connectivity index (χ4v) is 8.25. The third-order valence-corrected chi connectivity index (χ3v) is 12.5. The zero-order valence-corrected chi connectivity index (χ0v) is 37.4. The van der Waals surface area contributed by atoms with Crippen molar-refractivity contribution in [3.8, 4) is 0 Å². The van der Waals surface area contributed by atoms with Crippen LogP contribution in [0.5, 0.6) is 0 Å². The summed E-state index contributed by atoms with van der Waals surface area (Å²) in [6.07, 6.45) is -16.1. The minimum absolute atomic E-state index is 0.0248. The summed E-state index contributed by atoms with van der Waals surface area (Å²) >= 11 is 0. The maximum atomic E-state index is 14.7. The van der Waals surface area contributed by atoms with Crippen molar-refractivity contribution < 1.29 is 70.1 Å². The summed E-state index contributed by atoms with van der Waals surface area (Å²) in [5, 5.41) is 0. The van der Waals surface area contributed by atoms with E-state index in [0.29, 0.717) is 13.2 Å². The van der Waals surface area contributed by atoms with Crippen LogP contribution in [-0.4, -0.2) is 99.3 Å². The van der Waals surface area contributed by atoms with E-state index in [1.165, 1.54) is 31.2 Å². The standard InChI is InChI=1S/C48H60F3NO12/c1-27-28(2)40(59-33(7)53)46(58-32(27)6)62-41-39(31(5)45(63-42(41)43(54)55-8)64-47(48(49,50)51)52-36-22-16-11-17-23-36)61-44-30(4)29(3)38(57-25-35-20-14-10-15-21-35)37(60-44)26-56-24-34-18-12-9-13-19-34/h9-23,27-32,37-42,44-46H,24-26H2,1-8H3/t27-,28?,29-,30?,31?,32+,37?,38-,39-,40?,41-,42?,44+,45?,46+/m1/s1. The van der Waals surface area contributed by atoms with Crippen molar-refractivity contribution >= 4 is 23.5 Å². The molecule has 0 N–H and O–H groups in total. The van der Waals surface area contributed by atoms with Gasteiger partial charge in [-0.05, 0) is 42.0 Å². The number of hydrogen-bond acceptors (Lipinski definition) is 13. The normalized spacial score (nSPS) is 33.5. The van der Waals surface area contributed by atoms with Gasteiger partial charge >= 0.3 is 18.1 Å². The lowest BCUT2D eigenvalue weighted by atomic mass is 9.83. The van der Waals surface area contributed by atoms with Crippen LogP contribution in [0, 0.1) is 29.6 Å². The van der Waals surface area contributed by atoms with Crippen LogP contribution in [0.2, 0.25) is 0 Å². The average Bonchev–Trinajstić information content (AvgIpc) is 3.27. The second kappa shape index (κ2) is 22.2. The second-order valence-corrected chi connectivity index (χ2v) is 16.9. The van der Waals surface area contributed by atoms with Gasteiger partial charge in [0.2, 0.25) is 6.29 Å². The molecule has 0 bridgehead atoms. The van der Waals surface area contributed by atoms with E-state index < -0.39 is 97.4 Å². The van der Waals surface area contributed by atoms with E-state index in [1.807, 2.05) is 95.3 Å². The monoisotopic (exact) mass is 899 g/mol. The molecule has 0 aromatic heterocycles. The summed E-state index contributed by atoms with van der Waals surface area (Å²) < 4.78 is 106. The molecular weight excluding hydrogens is 840 g/mol. The number of hydrogen-bond donors (Lipinski definition) is 0. The molecule has 0 spiro atoms. The van der Waals surface area contributed by atoms with Gasteiger partial charge in [-0.25, -0.2) is 9.79 Å². The van der Waals surface area contributed by atoms with Gasteiger partial charge in [-0.15, -0.1) is 0 Å². The van der Waals surface area contributed by atoms with Crippen LogP contribution in [0.4, 0.5) is 18.9 Å². The molecule has 3 heterocycles. The Bertz CT molecular complexity index is 1960. The fraction of sp³-hybridized carbons (Fsp3) is 0.562. The molecule has 3 aromatic carbocycles. The number of esters is 2. The SMILES string of the molecule is COC(=O)C1OC(OC(=Nc2ccccc2)C(F)(F)F)C(C)[C@@H](O[C@@H]2OC(COCc3ccccc3)[C@H](OCc3ccccc3)[C@H](C)C2C)[C@H]1O[C@@H]1O[C@@H](C)[C@H](C)C(C)C1OC(C)=O. The highest BCUT2D eigenvalue weighted by Gasteiger charge is 2.56. The summed E-state index contributed by atoms with van der Waals surface area (Å²) in [6, 6.07) is 26.8. The summed E-state index contributed by atoms with van der Waals surface area (Å²) in [5.41, 5.74) is 1.89. The lowest BCUT2D eigenvalue weighted by Crippen LogP contribution is -2.64. The van der Waals surface area contributed by atoms with Gasteiger partial charge < -0.3 is 47.4 Å². The molecule has 15 atom stereocenters. The highest BCUT2D eigenvalue weighted by Crippen LogP contribution is 2.42. The average molecular weight is 900 g/mol. The Morgan fingerprint density at radius 2 is 1.20 bits per heavy atom. The Hall–Kier alpha value is -4.42. The van der Waals surface area contributed by atoms with Crippen LogP contribution in [0.3, 0.4) is 0 Å². The molecule has 3 aliphatic rings. The van der Waals surface area contributed by atoms with Crippen LogP contribution in [0.15, 0.2) is 96.0 Å². The number of carbonyl (C=O) groups excluding carboxylic acids is 2. The Kier molecular flexibility index (Phi) is 17.0. The quantitative estimate of drug-likeness (QED) is 0.0824. The van der Waals surface area contributed by atoms with Gasteiger partial charge in [-0.3, -0.25) is 4.79 Å². The molecule has 0 amide bonds. The van der Waals surface area contributed by atoms with E-state index in [0.717, 1.165) is 18.2 Å². The highest BCUT2D eigenvalue weighted by atomic mass is 19.4. The largest absolute Gasteiger partial charge is 0.468 e. The van der Waals surface area contributed by atoms with Gasteiger partial charge in [0.1, 0.15) is 12.2 Å². The van der Waals surface area contributed by atoms with Gasteiger partial charge in [0, 0.05) is 24.7 Å². The number of alkyl halides is 3. The first-order valence-corrected chi connectivity index (χ1v) is 21.7. The van der Waals surface area contributed by atoms with Gasteiger partial charge in [0.25, 0.3) is 5.90 Å². The van der Waals surface area contributed by atoms with Gasteiger partial charge in [0.15, 0.2) is 24.8 Å². The number of methoxy groups -OCH3 is 1. The Morgan fingerprint density at radius 3 is 1.80 bits per heavy atom. The third kappa shape index (κ3) is 12.3. The molecule has 7 unspecified atom stereocenters. The molecule has 16 heteroatoms. The molecule has 3 aliphatic heterocycles. The molecule has 0 aliphatic carbocycles. The van der Waals surface area contributed by atoms with E-state index in [-0.39, 0.29) is 30.0 Å². The van der Waals surface area contributed by atoms with Gasteiger partial charge in [-0.1, -0.05) is 113 Å². The number of carbonyl (C=O) groups is 2. The number of aliphatic imine (C=N–C) groups is 1. The summed E-state index contributed by atoms with van der Waals surface area (Å²) in [7, 11) is 1.11. The van der Waals surface area contributed by atoms with Crippen molar-refractivity contribution in [2.75, 3.05) is 13.7 Å². The lowest BCUT2D eigenvalue weighted by molar-refractivity contribution is -0.362. The van der Waals surface area contributed by atoms with E-state index in [1.54, 1.807) is 13.0 Å². The van der Waals surface area contributed by atoms with Crippen LogP contribution >= 0.6 is 0 Å². The molecule has 3 fully saturated rings. The van der Waals surface area contributed by atoms with E-state index in [4.69, 9.17) is 47.4 Å². The number of nitrogens with zero attached hydrogens (tertiary/aromatic N) is 1. The van der Waals surface area contributed by atoms with Crippen molar-refractivity contribution in [1.82, 2.24) is 0 Å². The zero-order chi connectivity index (χ0) is 46.1. The molecule has 64 heavy (non-hydrogen) atoms. The number of halogens is 3. The first-order chi connectivity index (χ1) is 30.5. The van der Waals surface area contributed by atoms with Crippen molar-refractivity contribution in [2.24, 2.45) is 34.6 Å². The predicted octanol–water partition coefficient (Wildman–Crippen LogP) is 8.35. The molecular formula is C48H60F3NO12. The third-order valence-electron chi connectivity index (χ3n) is 12.5. The van der Waals surface area contributed by atoms with Crippen LogP contribution in [0.25, 0.3) is 0 Å². The smallest absolute Gasteiger partial charge is 0.467 e. The van der Waals surface area contributed by atoms with Crippen LogP contribution in [0.1, 0.15) is 59.6 Å². The highest BCUT2D eigenvalue weighted by molar-refractivity contribution is 5.84. The Balaban J connectivity index is 1.36. The Labute approximate surface area is 372 Å². The van der Waals surface area contributed by atoms with Crippen molar-refractivity contribution in [3.63, 3.8) is 0 Å². The number of benzene rings is 3. The summed E-state index contributed by atoms with van der Waals surface area (Å²) in [5.74, 6) is -5.27. The number of para-hydroxylation sites is 1. The maximum Gasteiger partial charge on any atom is 0.468 e.